The number of carbonyl (C=O) groups excluding carboxylic acids is 2. The molecule has 44 heavy (non-hydrogen) atoms. The number of hydrogen-bond donors (Lipinski definition) is 2. The number of halogens is 1. The van der Waals surface area contributed by atoms with Crippen LogP contribution in [0, 0.1) is 5.82 Å². The van der Waals surface area contributed by atoms with Crippen LogP contribution in [0.5, 0.6) is 5.88 Å². The fraction of sp³-hybridized carbons (Fsp3) is 0.606. The van der Waals surface area contributed by atoms with Crippen molar-refractivity contribution in [3.63, 3.8) is 0 Å². The summed E-state index contributed by atoms with van der Waals surface area (Å²) in [7, 11) is 0. The molecule has 0 radical (unpaired) electrons. The highest BCUT2D eigenvalue weighted by molar-refractivity contribution is 5.99. The molecule has 2 fully saturated rings. The number of amides is 2. The Morgan fingerprint density at radius 3 is 2.45 bits per heavy atom. The van der Waals surface area contributed by atoms with Crippen LogP contribution >= 0.6 is 0 Å². The maximum absolute atomic E-state index is 14.2. The van der Waals surface area contributed by atoms with Crippen LogP contribution in [0.3, 0.4) is 0 Å². The number of fused-ring (bicyclic) bond motifs is 1. The Kier molecular flexibility index (Phi) is 10.2. The zero-order chi connectivity index (χ0) is 31.5. The predicted octanol–water partition coefficient (Wildman–Crippen LogP) is 2.84. The molecule has 0 spiro atoms. The molecule has 10 nitrogen and oxygen atoms in total. The first kappa shape index (κ1) is 32.3. The fourth-order valence-corrected chi connectivity index (χ4v) is 6.47. The molecule has 3 aliphatic heterocycles. The van der Waals surface area contributed by atoms with Crippen LogP contribution < -0.4 is 20.3 Å². The zero-order valence-corrected chi connectivity index (χ0v) is 26.8. The highest BCUT2D eigenvalue weighted by atomic mass is 19.1. The first-order valence-electron chi connectivity index (χ1n) is 15.8. The standard InChI is InChI=1S/C33H47FN6O4/c1-20(2)36-32(42)31-26(11-25-7-9-27(34)10-8-25)12-29-33(37-31)44-19-24(6)40(29)30(41)16-38-14-21(3)35-13-28(38)15-39-22(4)17-43-18-23(39)5/h7-10,12,20-24,28,35H,11,13-19H2,1-6H3,(H,36,42)/t21-,22-,23-,24?,28-/m1/s1. The Bertz CT molecular complexity index is 1310. The van der Waals surface area contributed by atoms with Crippen LogP contribution in [0.2, 0.25) is 0 Å². The van der Waals surface area contributed by atoms with Crippen LogP contribution in [0.4, 0.5) is 10.1 Å². The lowest BCUT2D eigenvalue weighted by Crippen LogP contribution is -2.63. The smallest absolute Gasteiger partial charge is 0.270 e. The number of nitrogens with zero attached hydrogens (tertiary/aromatic N) is 4. The Morgan fingerprint density at radius 2 is 1.77 bits per heavy atom. The lowest BCUT2D eigenvalue weighted by Gasteiger charge is -2.46. The second-order valence-electron chi connectivity index (χ2n) is 13.0. The lowest BCUT2D eigenvalue weighted by molar-refractivity contribution is -0.122. The number of pyridine rings is 1. The Morgan fingerprint density at radius 1 is 1.07 bits per heavy atom. The average molecular weight is 611 g/mol. The minimum absolute atomic E-state index is 0.0295. The van der Waals surface area contributed by atoms with E-state index in [-0.39, 0.29) is 66.5 Å². The van der Waals surface area contributed by atoms with E-state index in [1.807, 2.05) is 26.8 Å². The third-order valence-corrected chi connectivity index (χ3v) is 8.76. The van der Waals surface area contributed by atoms with Gasteiger partial charge in [-0.25, -0.2) is 9.37 Å². The van der Waals surface area contributed by atoms with E-state index in [0.29, 0.717) is 43.0 Å². The quantitative estimate of drug-likeness (QED) is 0.471. The van der Waals surface area contributed by atoms with E-state index in [2.05, 4.69) is 46.2 Å². The van der Waals surface area contributed by atoms with Crippen molar-refractivity contribution in [2.24, 2.45) is 0 Å². The first-order valence-corrected chi connectivity index (χ1v) is 15.8. The maximum atomic E-state index is 14.2. The summed E-state index contributed by atoms with van der Waals surface area (Å²) in [6, 6.07) is 8.80. The zero-order valence-electron chi connectivity index (χ0n) is 26.8. The van der Waals surface area contributed by atoms with Gasteiger partial charge in [-0.2, -0.15) is 0 Å². The van der Waals surface area contributed by atoms with Gasteiger partial charge in [0.1, 0.15) is 23.8 Å². The second kappa shape index (κ2) is 13.9. The van der Waals surface area contributed by atoms with Crippen LogP contribution in [0.1, 0.15) is 63.2 Å². The number of piperazine rings is 1. The fourth-order valence-electron chi connectivity index (χ4n) is 6.47. The summed E-state index contributed by atoms with van der Waals surface area (Å²) in [5.41, 5.74) is 2.28. The van der Waals surface area contributed by atoms with Gasteiger partial charge in [0.05, 0.1) is 25.8 Å². The van der Waals surface area contributed by atoms with E-state index in [1.54, 1.807) is 17.0 Å². The van der Waals surface area contributed by atoms with Gasteiger partial charge in [-0.3, -0.25) is 19.4 Å². The normalized spacial score (nSPS) is 26.3. The molecule has 0 saturated carbocycles. The van der Waals surface area contributed by atoms with Crippen LogP contribution in [-0.4, -0.2) is 109 Å². The van der Waals surface area contributed by atoms with Crippen molar-refractivity contribution in [2.75, 3.05) is 50.9 Å². The molecule has 5 rings (SSSR count). The molecule has 2 N–H and O–H groups in total. The SMILES string of the molecule is CC(C)NC(=O)c1nc2c(cc1Cc1ccc(F)cc1)N(C(=O)CN1C[C@@H](C)NC[C@@H]1CN1[C@H](C)COC[C@H]1C)C(C)CO2. The number of benzene rings is 1. The summed E-state index contributed by atoms with van der Waals surface area (Å²) in [6.07, 6.45) is 0.352. The third-order valence-electron chi connectivity index (χ3n) is 8.76. The van der Waals surface area contributed by atoms with Gasteiger partial charge < -0.3 is 25.0 Å². The molecule has 0 aliphatic carbocycles. The molecule has 1 unspecified atom stereocenters. The summed E-state index contributed by atoms with van der Waals surface area (Å²) in [6.45, 7) is 16.7. The molecule has 5 atom stereocenters. The van der Waals surface area contributed by atoms with E-state index in [9.17, 15) is 14.0 Å². The number of morpholine rings is 1. The molecule has 3 aliphatic rings. The van der Waals surface area contributed by atoms with Crippen molar-refractivity contribution in [3.8, 4) is 5.88 Å². The number of ether oxygens (including phenoxy) is 2. The van der Waals surface area contributed by atoms with Gasteiger partial charge in [-0.05, 0) is 77.3 Å². The number of anilines is 1. The van der Waals surface area contributed by atoms with Gasteiger partial charge in [0, 0.05) is 49.8 Å². The van der Waals surface area contributed by atoms with E-state index < -0.39 is 0 Å². The maximum Gasteiger partial charge on any atom is 0.270 e. The van der Waals surface area contributed by atoms with Crippen molar-refractivity contribution in [2.45, 2.75) is 84.2 Å². The van der Waals surface area contributed by atoms with Crippen molar-refractivity contribution < 1.29 is 23.5 Å². The molecular weight excluding hydrogens is 563 g/mol. The van der Waals surface area contributed by atoms with E-state index in [4.69, 9.17) is 9.47 Å². The molecule has 11 heteroatoms. The highest BCUT2D eigenvalue weighted by Gasteiger charge is 2.37. The Hall–Kier alpha value is -3.12. The minimum Gasteiger partial charge on any atom is -0.474 e. The summed E-state index contributed by atoms with van der Waals surface area (Å²) in [5, 5.41) is 6.53. The number of carbonyl (C=O) groups is 2. The monoisotopic (exact) mass is 610 g/mol. The predicted molar refractivity (Wildman–Crippen MR) is 168 cm³/mol. The molecule has 1 aromatic carbocycles. The van der Waals surface area contributed by atoms with Gasteiger partial charge in [0.2, 0.25) is 11.8 Å². The summed E-state index contributed by atoms with van der Waals surface area (Å²) in [4.78, 5) is 38.7. The van der Waals surface area contributed by atoms with Crippen molar-refractivity contribution in [1.29, 1.82) is 0 Å². The first-order chi connectivity index (χ1) is 21.0. The molecule has 1 aromatic heterocycles. The number of nitrogens with one attached hydrogen (secondary N) is 2. The van der Waals surface area contributed by atoms with E-state index in [0.717, 1.165) is 25.2 Å². The van der Waals surface area contributed by atoms with Crippen LogP contribution in [-0.2, 0) is 16.0 Å². The molecule has 2 amide bonds. The molecule has 2 aromatic rings. The average Bonchev–Trinajstić information content (AvgIpc) is 2.96. The third kappa shape index (κ3) is 7.39. The van der Waals surface area contributed by atoms with Crippen molar-refractivity contribution >= 4 is 17.5 Å². The summed E-state index contributed by atoms with van der Waals surface area (Å²) in [5.74, 6) is -0.399. The Labute approximate surface area is 260 Å². The number of rotatable bonds is 8. The van der Waals surface area contributed by atoms with E-state index >= 15 is 0 Å². The van der Waals surface area contributed by atoms with Crippen molar-refractivity contribution in [3.05, 3.63) is 53.0 Å². The molecular formula is C33H47FN6O4. The Balaban J connectivity index is 1.43. The topological polar surface area (TPSA) is 99.3 Å². The summed E-state index contributed by atoms with van der Waals surface area (Å²) >= 11 is 0. The van der Waals surface area contributed by atoms with Gasteiger partial charge in [0.25, 0.3) is 5.91 Å². The van der Waals surface area contributed by atoms with Crippen molar-refractivity contribution in [1.82, 2.24) is 25.4 Å². The van der Waals surface area contributed by atoms with E-state index in [1.165, 1.54) is 12.1 Å². The molecule has 0 bridgehead atoms. The molecule has 4 heterocycles. The molecule has 240 valence electrons. The summed E-state index contributed by atoms with van der Waals surface area (Å²) < 4.78 is 25.4. The minimum atomic E-state index is -0.327. The molecule has 2 saturated heterocycles. The van der Waals surface area contributed by atoms with Gasteiger partial charge in [0.15, 0.2) is 0 Å². The van der Waals surface area contributed by atoms with Gasteiger partial charge >= 0.3 is 0 Å². The second-order valence-corrected chi connectivity index (χ2v) is 13.0. The van der Waals surface area contributed by atoms with Gasteiger partial charge in [-0.1, -0.05) is 12.1 Å². The number of aromatic nitrogens is 1. The van der Waals surface area contributed by atoms with Crippen LogP contribution in [0.25, 0.3) is 0 Å². The highest BCUT2D eigenvalue weighted by Crippen LogP contribution is 2.35. The van der Waals surface area contributed by atoms with Gasteiger partial charge in [-0.15, -0.1) is 0 Å². The lowest BCUT2D eigenvalue weighted by atomic mass is 10.0. The number of hydrogen-bond acceptors (Lipinski definition) is 8. The van der Waals surface area contributed by atoms with Crippen LogP contribution in [0.15, 0.2) is 30.3 Å². The largest absolute Gasteiger partial charge is 0.474 e.